The first-order chi connectivity index (χ1) is 25.4. The number of carbonyl (C=O) groups excluding carboxylic acids is 5. The summed E-state index contributed by atoms with van der Waals surface area (Å²) in [6.07, 6.45) is 1.70. The van der Waals surface area contributed by atoms with Crippen molar-refractivity contribution in [2.75, 3.05) is 6.54 Å². The second-order valence-corrected chi connectivity index (χ2v) is 14.7. The minimum absolute atomic E-state index is 0.106. The van der Waals surface area contributed by atoms with Crippen LogP contribution in [-0.2, 0) is 25.7 Å². The first-order valence-electron chi connectivity index (χ1n) is 18.5. The van der Waals surface area contributed by atoms with Gasteiger partial charge in [0.05, 0.1) is 6.04 Å². The van der Waals surface area contributed by atoms with Crippen LogP contribution in [0, 0.1) is 5.92 Å². The highest BCUT2D eigenvalue weighted by Gasteiger charge is 2.48. The van der Waals surface area contributed by atoms with E-state index in [1.807, 2.05) is 91.0 Å². The van der Waals surface area contributed by atoms with Gasteiger partial charge in [0.15, 0.2) is 0 Å². The lowest BCUT2D eigenvalue weighted by atomic mass is 9.92. The van der Waals surface area contributed by atoms with Crippen LogP contribution in [0.2, 0.25) is 0 Å². The Labute approximate surface area is 311 Å². The number of ether oxygens (including phenoxy) is 1. The van der Waals surface area contributed by atoms with E-state index in [-0.39, 0.29) is 24.9 Å². The first-order valence-corrected chi connectivity index (χ1v) is 18.5. The summed E-state index contributed by atoms with van der Waals surface area (Å²) >= 11 is 0. The Hall–Kier alpha value is -5.39. The molecule has 282 valence electrons. The van der Waals surface area contributed by atoms with Crippen molar-refractivity contribution in [1.82, 2.24) is 31.5 Å². The molecule has 3 aromatic carbocycles. The molecule has 2 aliphatic rings. The zero-order chi connectivity index (χ0) is 38.0. The lowest BCUT2D eigenvalue weighted by Crippen LogP contribution is -2.60. The Bertz CT molecular complexity index is 1660. The van der Waals surface area contributed by atoms with E-state index in [1.54, 1.807) is 32.6 Å². The van der Waals surface area contributed by atoms with Gasteiger partial charge in [0.1, 0.15) is 23.7 Å². The number of nitrogens with one attached hydrogen (secondary N) is 5. The lowest BCUT2D eigenvalue weighted by molar-refractivity contribution is -0.143. The van der Waals surface area contributed by atoms with Crippen LogP contribution in [0.4, 0.5) is 9.59 Å². The van der Waals surface area contributed by atoms with Crippen LogP contribution in [-0.4, -0.2) is 71.1 Å². The average Bonchev–Trinajstić information content (AvgIpc) is 3.53. The summed E-state index contributed by atoms with van der Waals surface area (Å²) in [6.45, 7) is 7.37. The summed E-state index contributed by atoms with van der Waals surface area (Å²) in [5.41, 5.74) is 1.99. The van der Waals surface area contributed by atoms with Gasteiger partial charge < -0.3 is 36.2 Å². The van der Waals surface area contributed by atoms with Gasteiger partial charge in [-0.2, -0.15) is 0 Å². The predicted octanol–water partition coefficient (Wildman–Crippen LogP) is 4.95. The third kappa shape index (κ3) is 10.6. The predicted molar refractivity (Wildman–Crippen MR) is 201 cm³/mol. The molecule has 2 saturated heterocycles. The molecule has 0 aliphatic carbocycles. The van der Waals surface area contributed by atoms with Crippen molar-refractivity contribution in [2.24, 2.45) is 5.92 Å². The average molecular weight is 725 g/mol. The maximum atomic E-state index is 14.7. The summed E-state index contributed by atoms with van der Waals surface area (Å²) in [6, 6.07) is 25.0. The molecule has 0 unspecified atom stereocenters. The van der Waals surface area contributed by atoms with Gasteiger partial charge in [-0.1, -0.05) is 97.9 Å². The fraction of sp³-hybridized carbons (Fsp3) is 0.439. The Balaban J connectivity index is 1.36. The summed E-state index contributed by atoms with van der Waals surface area (Å²) < 4.78 is 5.38. The summed E-state index contributed by atoms with van der Waals surface area (Å²) in [5.74, 6) is -1.71. The smallest absolute Gasteiger partial charge is 0.408 e. The van der Waals surface area contributed by atoms with Gasteiger partial charge in [-0.25, -0.2) is 9.59 Å². The standard InChI is InChI=1S/C41H52N6O6/c1-5-32(44-40(52)53-41(2,3)4)36(48)46-35-30(26-43-39(51)42-25-27-15-9-6-10-16-27)21-22-31-23-24-33(47(31)38(35)50)37(49)45-34(28-17-11-7-12-18-28)29-19-13-8-14-20-29/h6-20,30-35H,5,21-26H2,1-4H3,(H,44,52)(H,45,49)(H,46,48)(H2,42,43,51)/t30-,31+,32+,33+,35+/m1/s1. The van der Waals surface area contributed by atoms with Crippen molar-refractivity contribution < 1.29 is 28.7 Å². The molecule has 6 amide bonds. The molecule has 3 aromatic rings. The fourth-order valence-corrected chi connectivity index (χ4v) is 7.10. The molecule has 5 rings (SSSR count). The number of fused-ring (bicyclic) bond motifs is 1. The molecule has 0 saturated carbocycles. The monoisotopic (exact) mass is 724 g/mol. The molecule has 0 aromatic heterocycles. The molecule has 2 fully saturated rings. The molecule has 0 radical (unpaired) electrons. The highest BCUT2D eigenvalue weighted by atomic mass is 16.6. The van der Waals surface area contributed by atoms with Gasteiger partial charge in [-0.3, -0.25) is 14.4 Å². The number of amides is 6. The number of nitrogens with zero attached hydrogens (tertiary/aromatic N) is 1. The minimum Gasteiger partial charge on any atom is -0.444 e. The van der Waals surface area contributed by atoms with Crippen molar-refractivity contribution in [2.45, 2.75) is 102 Å². The molecule has 53 heavy (non-hydrogen) atoms. The minimum atomic E-state index is -1.07. The maximum absolute atomic E-state index is 14.7. The van der Waals surface area contributed by atoms with Gasteiger partial charge in [-0.05, 0) is 69.6 Å². The van der Waals surface area contributed by atoms with E-state index in [4.69, 9.17) is 4.74 Å². The summed E-state index contributed by atoms with van der Waals surface area (Å²) in [4.78, 5) is 69.8. The van der Waals surface area contributed by atoms with E-state index in [9.17, 15) is 24.0 Å². The Morgan fingerprint density at radius 2 is 1.38 bits per heavy atom. The van der Waals surface area contributed by atoms with Crippen LogP contribution in [0.15, 0.2) is 91.0 Å². The Morgan fingerprint density at radius 3 is 1.96 bits per heavy atom. The molecule has 0 bridgehead atoms. The van der Waals surface area contributed by atoms with Crippen molar-refractivity contribution >= 4 is 29.8 Å². The number of hydrogen-bond donors (Lipinski definition) is 5. The molecule has 2 heterocycles. The summed E-state index contributed by atoms with van der Waals surface area (Å²) in [5, 5.41) is 14.5. The lowest BCUT2D eigenvalue weighted by Gasteiger charge is -2.33. The third-order valence-corrected chi connectivity index (χ3v) is 9.75. The molecule has 0 spiro atoms. The molecule has 5 N–H and O–H groups in total. The zero-order valence-corrected chi connectivity index (χ0v) is 31.0. The SMILES string of the molecule is CC[C@H](NC(=O)OC(C)(C)C)C(=O)N[C@@H]1C(=O)N2[C@@H](CC[C@@H]1CNC(=O)NCc1ccccc1)CC[C@H]2C(=O)NC(c1ccccc1)c1ccccc1. The van der Waals surface area contributed by atoms with E-state index in [2.05, 4.69) is 26.6 Å². The quantitative estimate of drug-likeness (QED) is 0.178. The number of urea groups is 1. The van der Waals surface area contributed by atoms with Crippen LogP contribution in [0.3, 0.4) is 0 Å². The first kappa shape index (κ1) is 38.8. The van der Waals surface area contributed by atoms with Crippen molar-refractivity contribution in [3.8, 4) is 0 Å². The van der Waals surface area contributed by atoms with Gasteiger partial charge in [0.2, 0.25) is 17.7 Å². The Kier molecular flexibility index (Phi) is 13.1. The highest BCUT2D eigenvalue weighted by molar-refractivity contribution is 5.95. The van der Waals surface area contributed by atoms with Crippen LogP contribution < -0.4 is 26.6 Å². The number of carbonyl (C=O) groups is 5. The van der Waals surface area contributed by atoms with Crippen LogP contribution in [0.5, 0.6) is 0 Å². The molecule has 12 heteroatoms. The van der Waals surface area contributed by atoms with E-state index >= 15 is 0 Å². The fourth-order valence-electron chi connectivity index (χ4n) is 7.10. The van der Waals surface area contributed by atoms with Crippen LogP contribution >= 0.6 is 0 Å². The van der Waals surface area contributed by atoms with Crippen LogP contribution in [0.25, 0.3) is 0 Å². The third-order valence-electron chi connectivity index (χ3n) is 9.75. The maximum Gasteiger partial charge on any atom is 0.408 e. The normalized spacial score (nSPS) is 20.4. The number of benzene rings is 3. The molecule has 12 nitrogen and oxygen atoms in total. The number of rotatable bonds is 12. The van der Waals surface area contributed by atoms with Crippen molar-refractivity contribution in [3.05, 3.63) is 108 Å². The van der Waals surface area contributed by atoms with E-state index in [0.29, 0.717) is 32.2 Å². The second kappa shape index (κ2) is 17.9. The van der Waals surface area contributed by atoms with Crippen molar-refractivity contribution in [3.63, 3.8) is 0 Å². The largest absolute Gasteiger partial charge is 0.444 e. The Morgan fingerprint density at radius 1 is 0.792 bits per heavy atom. The van der Waals surface area contributed by atoms with Crippen LogP contribution in [0.1, 0.15) is 82.5 Å². The zero-order valence-electron chi connectivity index (χ0n) is 31.0. The van der Waals surface area contributed by atoms with Gasteiger partial charge in [0, 0.05) is 25.0 Å². The van der Waals surface area contributed by atoms with E-state index in [0.717, 1.165) is 16.7 Å². The topological polar surface area (TPSA) is 158 Å². The van der Waals surface area contributed by atoms with E-state index < -0.39 is 59.6 Å². The van der Waals surface area contributed by atoms with Crippen molar-refractivity contribution in [1.29, 1.82) is 0 Å². The van der Waals surface area contributed by atoms with Gasteiger partial charge in [0.25, 0.3) is 0 Å². The number of hydrogen-bond acceptors (Lipinski definition) is 6. The summed E-state index contributed by atoms with van der Waals surface area (Å²) in [7, 11) is 0. The molecular weight excluding hydrogens is 672 g/mol. The molecular formula is C41H52N6O6. The van der Waals surface area contributed by atoms with E-state index in [1.165, 1.54) is 0 Å². The second-order valence-electron chi connectivity index (χ2n) is 14.7. The number of alkyl carbamates (subject to hydrolysis) is 1. The molecule has 5 atom stereocenters. The van der Waals surface area contributed by atoms with Gasteiger partial charge in [-0.15, -0.1) is 0 Å². The molecule has 2 aliphatic heterocycles. The van der Waals surface area contributed by atoms with Gasteiger partial charge >= 0.3 is 12.1 Å². The highest BCUT2D eigenvalue weighted by Crippen LogP contribution is 2.35.